The highest BCUT2D eigenvalue weighted by atomic mass is 16.6. The van der Waals surface area contributed by atoms with Gasteiger partial charge in [0.25, 0.3) is 0 Å². The van der Waals surface area contributed by atoms with Crippen molar-refractivity contribution in [3.63, 3.8) is 0 Å². The molecule has 0 atom stereocenters. The zero-order valence-electron chi connectivity index (χ0n) is 12.3. The van der Waals surface area contributed by atoms with Crippen LogP contribution < -0.4 is 5.73 Å². The maximum absolute atomic E-state index is 12.0. The minimum absolute atomic E-state index is 0.137. The van der Waals surface area contributed by atoms with E-state index in [9.17, 15) is 9.59 Å². The van der Waals surface area contributed by atoms with E-state index in [0.717, 1.165) is 5.56 Å². The minimum atomic E-state index is -0.597. The maximum Gasteiger partial charge on any atom is 0.410 e. The number of rotatable bonds is 5. The fourth-order valence-electron chi connectivity index (χ4n) is 1.66. The molecule has 5 nitrogen and oxygen atoms in total. The number of amides is 2. The molecule has 0 fully saturated rings. The Hall–Kier alpha value is -2.04. The SMILES string of the molecule is CC(C)(C)OC(=O)N(CCc1ccccc1)CC(N)=O. The smallest absolute Gasteiger partial charge is 0.410 e. The lowest BCUT2D eigenvalue weighted by Crippen LogP contribution is -2.42. The molecular formula is C15H22N2O3. The summed E-state index contributed by atoms with van der Waals surface area (Å²) >= 11 is 0. The van der Waals surface area contributed by atoms with Gasteiger partial charge in [0.2, 0.25) is 5.91 Å². The van der Waals surface area contributed by atoms with Crippen LogP contribution in [0, 0.1) is 0 Å². The van der Waals surface area contributed by atoms with Gasteiger partial charge in [0.15, 0.2) is 0 Å². The number of benzene rings is 1. The van der Waals surface area contributed by atoms with E-state index in [1.165, 1.54) is 4.90 Å². The van der Waals surface area contributed by atoms with Crippen LogP contribution in [0.25, 0.3) is 0 Å². The van der Waals surface area contributed by atoms with Gasteiger partial charge in [-0.25, -0.2) is 4.79 Å². The van der Waals surface area contributed by atoms with Crippen LogP contribution in [0.1, 0.15) is 26.3 Å². The molecule has 1 aromatic rings. The maximum atomic E-state index is 12.0. The Bertz CT molecular complexity index is 452. The molecule has 0 heterocycles. The van der Waals surface area contributed by atoms with Crippen LogP contribution in [0.5, 0.6) is 0 Å². The Morgan fingerprint density at radius 3 is 2.30 bits per heavy atom. The molecule has 0 unspecified atom stereocenters. The first-order valence-corrected chi connectivity index (χ1v) is 6.58. The average Bonchev–Trinajstić information content (AvgIpc) is 2.33. The van der Waals surface area contributed by atoms with E-state index in [2.05, 4.69) is 0 Å². The van der Waals surface area contributed by atoms with Gasteiger partial charge in [0.1, 0.15) is 12.1 Å². The van der Waals surface area contributed by atoms with E-state index in [1.807, 2.05) is 30.3 Å². The third-order valence-electron chi connectivity index (χ3n) is 2.51. The topological polar surface area (TPSA) is 72.6 Å². The first-order chi connectivity index (χ1) is 9.28. The van der Waals surface area contributed by atoms with Crippen LogP contribution in [-0.4, -0.2) is 35.6 Å². The summed E-state index contributed by atoms with van der Waals surface area (Å²) in [6, 6.07) is 9.73. The van der Waals surface area contributed by atoms with Gasteiger partial charge in [-0.15, -0.1) is 0 Å². The Morgan fingerprint density at radius 2 is 1.80 bits per heavy atom. The van der Waals surface area contributed by atoms with Crippen molar-refractivity contribution in [2.24, 2.45) is 5.73 Å². The monoisotopic (exact) mass is 278 g/mol. The van der Waals surface area contributed by atoms with Crippen molar-refractivity contribution in [3.05, 3.63) is 35.9 Å². The minimum Gasteiger partial charge on any atom is -0.444 e. The van der Waals surface area contributed by atoms with E-state index in [0.29, 0.717) is 13.0 Å². The Balaban J connectivity index is 2.64. The summed E-state index contributed by atoms with van der Waals surface area (Å²) in [4.78, 5) is 24.4. The summed E-state index contributed by atoms with van der Waals surface area (Å²) in [5, 5.41) is 0. The predicted octanol–water partition coefficient (Wildman–Crippen LogP) is 1.95. The van der Waals surface area contributed by atoms with Crippen molar-refractivity contribution in [2.75, 3.05) is 13.1 Å². The second-order valence-corrected chi connectivity index (χ2v) is 5.60. The highest BCUT2D eigenvalue weighted by Crippen LogP contribution is 2.10. The molecule has 1 aromatic carbocycles. The van der Waals surface area contributed by atoms with Gasteiger partial charge < -0.3 is 10.5 Å². The van der Waals surface area contributed by atoms with Gasteiger partial charge in [-0.3, -0.25) is 9.69 Å². The molecule has 0 aliphatic heterocycles. The molecule has 0 saturated carbocycles. The molecule has 0 aliphatic carbocycles. The number of nitrogens with zero attached hydrogens (tertiary/aromatic N) is 1. The molecule has 0 spiro atoms. The normalized spacial score (nSPS) is 10.9. The molecule has 0 saturated heterocycles. The van der Waals surface area contributed by atoms with Crippen molar-refractivity contribution >= 4 is 12.0 Å². The average molecular weight is 278 g/mol. The Kier molecular flexibility index (Phi) is 5.55. The molecule has 0 bridgehead atoms. The summed E-state index contributed by atoms with van der Waals surface area (Å²) in [6.07, 6.45) is 0.125. The lowest BCUT2D eigenvalue weighted by Gasteiger charge is -2.26. The molecule has 0 aromatic heterocycles. The largest absolute Gasteiger partial charge is 0.444 e. The third kappa shape index (κ3) is 6.22. The van der Waals surface area contributed by atoms with Crippen molar-refractivity contribution in [3.8, 4) is 0 Å². The summed E-state index contributed by atoms with van der Waals surface area (Å²) < 4.78 is 5.27. The quantitative estimate of drug-likeness (QED) is 0.894. The number of carbonyl (C=O) groups is 2. The van der Waals surface area contributed by atoms with E-state index < -0.39 is 17.6 Å². The number of primary amides is 1. The summed E-state index contributed by atoms with van der Waals surface area (Å²) in [7, 11) is 0. The molecule has 5 heteroatoms. The summed E-state index contributed by atoms with van der Waals surface area (Å²) in [6.45, 7) is 5.60. The number of hydrogen-bond donors (Lipinski definition) is 1. The summed E-state index contributed by atoms with van der Waals surface area (Å²) in [5.74, 6) is -0.552. The zero-order chi connectivity index (χ0) is 15.2. The van der Waals surface area contributed by atoms with Crippen molar-refractivity contribution in [2.45, 2.75) is 32.8 Å². The van der Waals surface area contributed by atoms with Gasteiger partial charge in [-0.2, -0.15) is 0 Å². The summed E-state index contributed by atoms with van der Waals surface area (Å²) in [5.41, 5.74) is 5.67. The molecule has 110 valence electrons. The first kappa shape index (κ1) is 16.0. The molecular weight excluding hydrogens is 256 g/mol. The van der Waals surface area contributed by atoms with E-state index >= 15 is 0 Å². The van der Waals surface area contributed by atoms with Crippen LogP contribution >= 0.6 is 0 Å². The molecule has 2 amide bonds. The van der Waals surface area contributed by atoms with Gasteiger partial charge >= 0.3 is 6.09 Å². The molecule has 0 radical (unpaired) electrons. The highest BCUT2D eigenvalue weighted by molar-refractivity contribution is 5.80. The second kappa shape index (κ2) is 6.93. The lowest BCUT2D eigenvalue weighted by molar-refractivity contribution is -0.119. The zero-order valence-corrected chi connectivity index (χ0v) is 12.3. The van der Waals surface area contributed by atoms with Crippen LogP contribution in [0.3, 0.4) is 0 Å². The van der Waals surface area contributed by atoms with Gasteiger partial charge in [-0.05, 0) is 32.8 Å². The van der Waals surface area contributed by atoms with Crippen LogP contribution in [0.15, 0.2) is 30.3 Å². The standard InChI is InChI=1S/C15H22N2O3/c1-15(2,3)20-14(19)17(11-13(16)18)10-9-12-7-5-4-6-8-12/h4-8H,9-11H2,1-3H3,(H2,16,18). The predicted molar refractivity (Wildman–Crippen MR) is 77.1 cm³/mol. The van der Waals surface area contributed by atoms with E-state index in [-0.39, 0.29) is 6.54 Å². The molecule has 2 N–H and O–H groups in total. The molecule has 20 heavy (non-hydrogen) atoms. The van der Waals surface area contributed by atoms with E-state index in [4.69, 9.17) is 10.5 Å². The van der Waals surface area contributed by atoms with Crippen molar-refractivity contribution in [1.29, 1.82) is 0 Å². The fraction of sp³-hybridized carbons (Fsp3) is 0.467. The number of hydrogen-bond acceptors (Lipinski definition) is 3. The highest BCUT2D eigenvalue weighted by Gasteiger charge is 2.23. The third-order valence-corrected chi connectivity index (χ3v) is 2.51. The van der Waals surface area contributed by atoms with Crippen molar-refractivity contribution in [1.82, 2.24) is 4.90 Å². The first-order valence-electron chi connectivity index (χ1n) is 6.58. The van der Waals surface area contributed by atoms with Gasteiger partial charge in [0.05, 0.1) is 0 Å². The van der Waals surface area contributed by atoms with Crippen LogP contribution in [-0.2, 0) is 16.0 Å². The van der Waals surface area contributed by atoms with Crippen molar-refractivity contribution < 1.29 is 14.3 Å². The van der Waals surface area contributed by atoms with Crippen LogP contribution in [0.2, 0.25) is 0 Å². The van der Waals surface area contributed by atoms with Crippen LogP contribution in [0.4, 0.5) is 4.79 Å². The lowest BCUT2D eigenvalue weighted by atomic mass is 10.1. The second-order valence-electron chi connectivity index (χ2n) is 5.60. The van der Waals surface area contributed by atoms with Gasteiger partial charge in [0, 0.05) is 6.54 Å². The van der Waals surface area contributed by atoms with E-state index in [1.54, 1.807) is 20.8 Å². The fourth-order valence-corrected chi connectivity index (χ4v) is 1.66. The van der Waals surface area contributed by atoms with Gasteiger partial charge in [-0.1, -0.05) is 30.3 Å². The molecule has 0 aliphatic rings. The number of nitrogens with two attached hydrogens (primary N) is 1. The Morgan fingerprint density at radius 1 is 1.20 bits per heavy atom. The molecule has 1 rings (SSSR count). The number of carbonyl (C=O) groups excluding carboxylic acids is 2. The Labute approximate surface area is 119 Å². The number of ether oxygens (including phenoxy) is 1.